The van der Waals surface area contributed by atoms with Crippen LogP contribution in [0.25, 0.3) is 5.57 Å². The summed E-state index contributed by atoms with van der Waals surface area (Å²) in [5.74, 6) is 0.480. The highest BCUT2D eigenvalue weighted by Gasteiger charge is 2.37. The molecule has 1 aromatic carbocycles. The number of benzene rings is 1. The van der Waals surface area contributed by atoms with Crippen LogP contribution in [-0.4, -0.2) is 20.6 Å². The van der Waals surface area contributed by atoms with Crippen molar-refractivity contribution in [2.24, 2.45) is 0 Å². The molecule has 150 valence electrons. The molecular formula is C24H28N4O. The summed E-state index contributed by atoms with van der Waals surface area (Å²) in [5, 5.41) is 10.7. The van der Waals surface area contributed by atoms with Gasteiger partial charge in [0.1, 0.15) is 0 Å². The number of pyridine rings is 1. The molecule has 0 saturated heterocycles. The van der Waals surface area contributed by atoms with Gasteiger partial charge in [-0.05, 0) is 75.8 Å². The highest BCUT2D eigenvalue weighted by molar-refractivity contribution is 5.79. The van der Waals surface area contributed by atoms with Gasteiger partial charge in [-0.1, -0.05) is 51.5 Å². The Morgan fingerprint density at radius 2 is 1.76 bits per heavy atom. The molecule has 3 aromatic rings. The van der Waals surface area contributed by atoms with Gasteiger partial charge in [-0.3, -0.25) is 4.98 Å². The van der Waals surface area contributed by atoms with Crippen molar-refractivity contribution in [3.8, 4) is 0 Å². The molecule has 1 aliphatic rings. The molecular weight excluding hydrogens is 360 g/mol. The van der Waals surface area contributed by atoms with Crippen molar-refractivity contribution in [3.63, 3.8) is 0 Å². The zero-order valence-corrected chi connectivity index (χ0v) is 17.9. The second kappa shape index (κ2) is 6.90. The Morgan fingerprint density at radius 3 is 2.34 bits per heavy atom. The molecule has 0 radical (unpaired) electrons. The number of fused-ring (bicyclic) bond motifs is 1. The maximum atomic E-state index is 4.97. The lowest BCUT2D eigenvalue weighted by atomic mass is 9.62. The number of hydrogen-bond acceptors (Lipinski definition) is 5. The summed E-state index contributed by atoms with van der Waals surface area (Å²) in [5.41, 5.74) is 8.55. The lowest BCUT2D eigenvalue weighted by Gasteiger charge is -2.42. The van der Waals surface area contributed by atoms with E-state index in [0.717, 1.165) is 16.8 Å². The van der Waals surface area contributed by atoms with Gasteiger partial charge in [-0.25, -0.2) is 0 Å². The van der Waals surface area contributed by atoms with E-state index in [1.54, 1.807) is 0 Å². The van der Waals surface area contributed by atoms with Crippen LogP contribution in [0.5, 0.6) is 0 Å². The number of rotatable bonds is 4. The average Bonchev–Trinajstić information content (AvgIpc) is 3.18. The molecule has 0 atom stereocenters. The largest absolute Gasteiger partial charge is 0.320 e. The van der Waals surface area contributed by atoms with Crippen LogP contribution in [0, 0.1) is 6.92 Å². The van der Waals surface area contributed by atoms with Crippen molar-refractivity contribution in [2.45, 2.75) is 64.7 Å². The Labute approximate surface area is 172 Å². The molecule has 0 fully saturated rings. The molecule has 0 unspecified atom stereocenters. The quantitative estimate of drug-likeness (QED) is 0.617. The molecule has 2 aromatic heterocycles. The molecule has 0 N–H and O–H groups in total. The fraction of sp³-hybridized carbons (Fsp3) is 0.417. The number of aromatic nitrogens is 4. The minimum Gasteiger partial charge on any atom is -0.320 e. The summed E-state index contributed by atoms with van der Waals surface area (Å²) in [7, 11) is 0. The fourth-order valence-corrected chi connectivity index (χ4v) is 4.29. The molecule has 5 nitrogen and oxygen atoms in total. The van der Waals surface area contributed by atoms with Crippen LogP contribution in [0.2, 0.25) is 0 Å². The summed E-state index contributed by atoms with van der Waals surface area (Å²) >= 11 is 0. The normalized spacial score (nSPS) is 17.0. The van der Waals surface area contributed by atoms with Gasteiger partial charge in [0.15, 0.2) is 0 Å². The van der Waals surface area contributed by atoms with E-state index >= 15 is 0 Å². The van der Waals surface area contributed by atoms with Gasteiger partial charge >= 0.3 is 0 Å². The first-order valence-electron chi connectivity index (χ1n) is 10.1. The maximum Gasteiger partial charge on any atom is 0.252 e. The average molecular weight is 389 g/mol. The van der Waals surface area contributed by atoms with Crippen molar-refractivity contribution >= 4 is 5.57 Å². The van der Waals surface area contributed by atoms with E-state index in [-0.39, 0.29) is 10.8 Å². The van der Waals surface area contributed by atoms with Crippen molar-refractivity contribution < 1.29 is 4.52 Å². The molecule has 29 heavy (non-hydrogen) atoms. The van der Waals surface area contributed by atoms with Gasteiger partial charge in [0, 0.05) is 11.8 Å². The molecule has 0 bridgehead atoms. The summed E-state index contributed by atoms with van der Waals surface area (Å²) in [6, 6.07) is 8.76. The van der Waals surface area contributed by atoms with Crippen LogP contribution in [0.15, 0.2) is 41.6 Å². The van der Waals surface area contributed by atoms with Crippen molar-refractivity contribution in [3.05, 3.63) is 76.4 Å². The van der Waals surface area contributed by atoms with E-state index in [0.29, 0.717) is 12.3 Å². The van der Waals surface area contributed by atoms with Gasteiger partial charge in [0.2, 0.25) is 0 Å². The van der Waals surface area contributed by atoms with Crippen molar-refractivity contribution in [2.75, 3.05) is 0 Å². The first-order valence-corrected chi connectivity index (χ1v) is 10.1. The van der Waals surface area contributed by atoms with Gasteiger partial charge in [-0.15, -0.1) is 0 Å². The summed E-state index contributed by atoms with van der Waals surface area (Å²) in [6.45, 7) is 16.0. The third kappa shape index (κ3) is 3.61. The standard InChI is InChI=1S/C24H28N4O/c1-15-11-19-20(24(5,6)10-9-23(19,3)4)13-18(15)16(2)21-8-7-17(14-25-21)12-22-26-27-28-29-22/h7-8,11,13-14H,2,9-10,12H2,1,3-6H3. The Kier molecular flexibility index (Phi) is 4.64. The molecule has 0 saturated carbocycles. The first kappa shape index (κ1) is 19.5. The fourth-order valence-electron chi connectivity index (χ4n) is 4.29. The Morgan fingerprint density at radius 1 is 1.07 bits per heavy atom. The van der Waals surface area contributed by atoms with E-state index in [2.05, 4.69) is 73.9 Å². The lowest BCUT2D eigenvalue weighted by Crippen LogP contribution is -2.34. The smallest absolute Gasteiger partial charge is 0.252 e. The predicted octanol–water partition coefficient (Wildman–Crippen LogP) is 5.17. The zero-order valence-electron chi connectivity index (χ0n) is 17.9. The molecule has 0 spiro atoms. The van der Waals surface area contributed by atoms with E-state index in [4.69, 9.17) is 4.52 Å². The van der Waals surface area contributed by atoms with Gasteiger partial charge < -0.3 is 4.52 Å². The van der Waals surface area contributed by atoms with Crippen LogP contribution in [0.3, 0.4) is 0 Å². The van der Waals surface area contributed by atoms with E-state index in [1.165, 1.54) is 35.1 Å². The second-order valence-electron chi connectivity index (χ2n) is 9.44. The zero-order chi connectivity index (χ0) is 20.8. The highest BCUT2D eigenvalue weighted by atomic mass is 16.5. The Hall–Kier alpha value is -2.82. The molecule has 5 heteroatoms. The molecule has 2 heterocycles. The number of aryl methyl sites for hydroxylation is 1. The predicted molar refractivity (Wildman–Crippen MR) is 114 cm³/mol. The minimum absolute atomic E-state index is 0.170. The highest BCUT2D eigenvalue weighted by Crippen LogP contribution is 2.47. The van der Waals surface area contributed by atoms with Gasteiger partial charge in [0.05, 0.1) is 17.4 Å². The summed E-state index contributed by atoms with van der Waals surface area (Å²) < 4.78 is 4.97. The Balaban J connectivity index is 1.67. The van der Waals surface area contributed by atoms with E-state index in [1.807, 2.05) is 18.3 Å². The van der Waals surface area contributed by atoms with Crippen LogP contribution in [0.1, 0.15) is 79.9 Å². The third-order valence-corrected chi connectivity index (χ3v) is 6.35. The van der Waals surface area contributed by atoms with Crippen LogP contribution in [-0.2, 0) is 17.3 Å². The maximum absolute atomic E-state index is 4.97. The van der Waals surface area contributed by atoms with Crippen molar-refractivity contribution in [1.29, 1.82) is 0 Å². The van der Waals surface area contributed by atoms with Crippen LogP contribution >= 0.6 is 0 Å². The van der Waals surface area contributed by atoms with Crippen molar-refractivity contribution in [1.82, 2.24) is 20.6 Å². The SMILES string of the molecule is C=C(c1ccc(Cc2nnno2)cn1)c1cc2c(cc1C)C(C)(C)CCC2(C)C. The third-order valence-electron chi connectivity index (χ3n) is 6.35. The molecule has 4 rings (SSSR count). The Bertz CT molecular complexity index is 1050. The monoisotopic (exact) mass is 388 g/mol. The lowest BCUT2D eigenvalue weighted by molar-refractivity contribution is 0.331. The van der Waals surface area contributed by atoms with E-state index < -0.39 is 0 Å². The van der Waals surface area contributed by atoms with Crippen LogP contribution < -0.4 is 0 Å². The topological polar surface area (TPSA) is 64.7 Å². The van der Waals surface area contributed by atoms with Gasteiger partial charge in [0.25, 0.3) is 5.89 Å². The summed E-state index contributed by atoms with van der Waals surface area (Å²) in [6.07, 6.45) is 4.77. The van der Waals surface area contributed by atoms with Gasteiger partial charge in [-0.2, -0.15) is 0 Å². The number of nitrogens with zero attached hydrogens (tertiary/aromatic N) is 4. The van der Waals surface area contributed by atoms with Crippen LogP contribution in [0.4, 0.5) is 0 Å². The first-order chi connectivity index (χ1) is 13.7. The minimum atomic E-state index is 0.170. The second-order valence-corrected chi connectivity index (χ2v) is 9.44. The van der Waals surface area contributed by atoms with E-state index in [9.17, 15) is 0 Å². The number of hydrogen-bond donors (Lipinski definition) is 0. The molecule has 0 amide bonds. The molecule has 0 aliphatic heterocycles. The summed E-state index contributed by atoms with van der Waals surface area (Å²) in [4.78, 5) is 4.64. The molecule has 1 aliphatic carbocycles.